The predicted molar refractivity (Wildman–Crippen MR) is 170 cm³/mol. The molecule has 3 aromatic carbocycles. The highest BCUT2D eigenvalue weighted by atomic mass is 16.7. The minimum Gasteiger partial charge on any atom is -0.490 e. The zero-order valence-electron chi connectivity index (χ0n) is 26.5. The molecule has 236 valence electrons. The highest BCUT2D eigenvalue weighted by molar-refractivity contribution is 5.92. The van der Waals surface area contributed by atoms with Crippen molar-refractivity contribution in [1.29, 1.82) is 0 Å². The van der Waals surface area contributed by atoms with Gasteiger partial charge in [0.1, 0.15) is 23.0 Å². The fourth-order valence-electron chi connectivity index (χ4n) is 5.04. The number of hydrogen-bond acceptors (Lipinski definition) is 6. The number of carboxylic acid groups (broad SMARTS) is 1. The van der Waals surface area contributed by atoms with Crippen LogP contribution in [0.1, 0.15) is 81.5 Å². The summed E-state index contributed by atoms with van der Waals surface area (Å²) in [6.45, 7) is 10.8. The van der Waals surface area contributed by atoms with E-state index in [1.807, 2.05) is 89.2 Å². The Hall–Kier alpha value is -3.88. The molecule has 0 bridgehead atoms. The summed E-state index contributed by atoms with van der Waals surface area (Å²) in [5.41, 5.74) is 3.33. The number of carbonyl (C=O) groups is 2. The quantitative estimate of drug-likeness (QED) is 0.225. The van der Waals surface area contributed by atoms with E-state index in [-0.39, 0.29) is 30.2 Å². The van der Waals surface area contributed by atoms with E-state index >= 15 is 0 Å². The third kappa shape index (κ3) is 9.82. The molecular weight excluding hydrogens is 558 g/mol. The van der Waals surface area contributed by atoms with Crippen molar-refractivity contribution in [3.8, 4) is 16.9 Å². The molecule has 1 aliphatic rings. The van der Waals surface area contributed by atoms with Crippen molar-refractivity contribution in [1.82, 2.24) is 4.90 Å². The van der Waals surface area contributed by atoms with Gasteiger partial charge in [0.15, 0.2) is 6.29 Å². The number of ether oxygens (including phenoxy) is 4. The largest absolute Gasteiger partial charge is 0.490 e. The summed E-state index contributed by atoms with van der Waals surface area (Å²) in [6, 6.07) is 23.1. The predicted octanol–water partition coefficient (Wildman–Crippen LogP) is 7.90. The Balaban J connectivity index is 1.51. The van der Waals surface area contributed by atoms with Gasteiger partial charge in [-0.1, -0.05) is 60.7 Å². The lowest BCUT2D eigenvalue weighted by atomic mass is 10.0. The number of amides is 1. The second kappa shape index (κ2) is 15.2. The van der Waals surface area contributed by atoms with Gasteiger partial charge in [-0.2, -0.15) is 0 Å². The number of benzene rings is 3. The molecule has 8 nitrogen and oxygen atoms in total. The van der Waals surface area contributed by atoms with Crippen LogP contribution in [-0.4, -0.2) is 59.8 Å². The van der Waals surface area contributed by atoms with E-state index in [2.05, 4.69) is 0 Å². The lowest BCUT2D eigenvalue weighted by Gasteiger charge is -2.33. The molecular formula is C36H45NO7. The first kappa shape index (κ1) is 33.0. The molecule has 1 N–H and O–H groups in total. The van der Waals surface area contributed by atoms with Crippen LogP contribution in [0.5, 0.6) is 5.75 Å². The lowest BCUT2D eigenvalue weighted by molar-refractivity contribution is -0.192. The second-order valence-electron chi connectivity index (χ2n) is 12.4. The zero-order valence-corrected chi connectivity index (χ0v) is 26.5. The van der Waals surface area contributed by atoms with Crippen molar-refractivity contribution in [2.75, 3.05) is 19.7 Å². The van der Waals surface area contributed by atoms with E-state index in [9.17, 15) is 14.7 Å². The van der Waals surface area contributed by atoms with E-state index in [1.54, 1.807) is 23.1 Å². The van der Waals surface area contributed by atoms with Crippen LogP contribution in [0.4, 0.5) is 4.79 Å². The molecule has 1 aliphatic heterocycles. The van der Waals surface area contributed by atoms with Crippen LogP contribution in [0.15, 0.2) is 72.8 Å². The van der Waals surface area contributed by atoms with Crippen molar-refractivity contribution < 1.29 is 33.6 Å². The summed E-state index contributed by atoms with van der Waals surface area (Å²) >= 11 is 0. The van der Waals surface area contributed by atoms with Crippen molar-refractivity contribution in [2.45, 2.75) is 84.4 Å². The Bertz CT molecular complexity index is 1360. The molecule has 0 radical (unpaired) electrons. The topological polar surface area (TPSA) is 94.5 Å². The van der Waals surface area contributed by atoms with Gasteiger partial charge < -0.3 is 29.0 Å². The Kier molecular flexibility index (Phi) is 11.4. The third-order valence-corrected chi connectivity index (χ3v) is 7.20. The standard InChI is InChI=1S/C36H45NO7/c1-25(2)42-31-23-29(18-19-30(31)34(38)39)27-16-14-26(15-17-27)20-21-37(35(40)44-36(3,4)5)24-32(28-11-7-6-8-12-28)43-33-13-9-10-22-41-33/h6-8,11-12,14-19,23,25,32-33H,9-10,13,20-22,24H2,1-5H3,(H,38,39)/t32-,33?/m1/s1. The van der Waals surface area contributed by atoms with E-state index in [0.29, 0.717) is 31.9 Å². The molecule has 1 saturated heterocycles. The van der Waals surface area contributed by atoms with Gasteiger partial charge in [-0.15, -0.1) is 0 Å². The highest BCUT2D eigenvalue weighted by Gasteiger charge is 2.28. The number of rotatable bonds is 12. The minimum absolute atomic E-state index is 0.133. The first-order chi connectivity index (χ1) is 21.0. The zero-order chi connectivity index (χ0) is 31.7. The molecule has 0 aromatic heterocycles. The first-order valence-corrected chi connectivity index (χ1v) is 15.4. The Morgan fingerprint density at radius 1 is 0.977 bits per heavy atom. The number of carbonyl (C=O) groups excluding carboxylic acids is 1. The lowest BCUT2D eigenvalue weighted by Crippen LogP contribution is -2.41. The van der Waals surface area contributed by atoms with E-state index in [4.69, 9.17) is 18.9 Å². The third-order valence-electron chi connectivity index (χ3n) is 7.20. The van der Waals surface area contributed by atoms with Crippen LogP contribution in [0.25, 0.3) is 11.1 Å². The number of hydrogen-bond donors (Lipinski definition) is 1. The van der Waals surface area contributed by atoms with Crippen molar-refractivity contribution in [3.05, 3.63) is 89.5 Å². The van der Waals surface area contributed by atoms with E-state index in [0.717, 1.165) is 41.5 Å². The molecule has 0 saturated carbocycles. The van der Waals surface area contributed by atoms with Gasteiger partial charge in [0.25, 0.3) is 0 Å². The number of aromatic carboxylic acids is 1. The number of carboxylic acids is 1. The van der Waals surface area contributed by atoms with Crippen LogP contribution in [0, 0.1) is 0 Å². The van der Waals surface area contributed by atoms with Crippen LogP contribution in [-0.2, 0) is 20.6 Å². The molecule has 8 heteroatoms. The summed E-state index contributed by atoms with van der Waals surface area (Å²) in [5, 5.41) is 9.55. The average molecular weight is 604 g/mol. The van der Waals surface area contributed by atoms with Gasteiger partial charge in [-0.3, -0.25) is 0 Å². The van der Waals surface area contributed by atoms with Gasteiger partial charge in [-0.05, 0) is 94.7 Å². The molecule has 3 aromatic rings. The van der Waals surface area contributed by atoms with Crippen molar-refractivity contribution >= 4 is 12.1 Å². The fourth-order valence-corrected chi connectivity index (χ4v) is 5.04. The summed E-state index contributed by atoms with van der Waals surface area (Å²) in [5.74, 6) is -0.681. The second-order valence-corrected chi connectivity index (χ2v) is 12.4. The molecule has 1 heterocycles. The average Bonchev–Trinajstić information content (AvgIpc) is 2.98. The Morgan fingerprint density at radius 2 is 1.68 bits per heavy atom. The highest BCUT2D eigenvalue weighted by Crippen LogP contribution is 2.29. The molecule has 44 heavy (non-hydrogen) atoms. The maximum Gasteiger partial charge on any atom is 0.410 e. The summed E-state index contributed by atoms with van der Waals surface area (Å²) in [6.07, 6.45) is 2.29. The van der Waals surface area contributed by atoms with Crippen molar-refractivity contribution in [2.24, 2.45) is 0 Å². The molecule has 1 fully saturated rings. The molecule has 0 aliphatic carbocycles. The van der Waals surface area contributed by atoms with Gasteiger partial charge in [0, 0.05) is 13.2 Å². The molecule has 4 rings (SSSR count). The number of nitrogens with zero attached hydrogens (tertiary/aromatic N) is 1. The van der Waals surface area contributed by atoms with E-state index < -0.39 is 11.6 Å². The summed E-state index contributed by atoms with van der Waals surface area (Å²) in [7, 11) is 0. The normalized spacial score (nSPS) is 15.9. The van der Waals surface area contributed by atoms with Crippen LogP contribution >= 0.6 is 0 Å². The van der Waals surface area contributed by atoms with Crippen LogP contribution < -0.4 is 4.74 Å². The van der Waals surface area contributed by atoms with Crippen LogP contribution in [0.2, 0.25) is 0 Å². The van der Waals surface area contributed by atoms with Gasteiger partial charge in [0.2, 0.25) is 0 Å². The minimum atomic E-state index is -1.02. The monoisotopic (exact) mass is 603 g/mol. The molecule has 0 spiro atoms. The van der Waals surface area contributed by atoms with Gasteiger partial charge in [0.05, 0.1) is 12.6 Å². The first-order valence-electron chi connectivity index (χ1n) is 15.4. The SMILES string of the molecule is CC(C)Oc1cc(-c2ccc(CCN(C[C@@H](OC3CCCCO3)c3ccccc3)C(=O)OC(C)(C)C)cc2)ccc1C(=O)O. The Labute approximate surface area is 260 Å². The Morgan fingerprint density at radius 3 is 2.30 bits per heavy atom. The molecule has 1 unspecified atom stereocenters. The molecule has 2 atom stereocenters. The van der Waals surface area contributed by atoms with Gasteiger partial charge >= 0.3 is 12.1 Å². The van der Waals surface area contributed by atoms with Crippen molar-refractivity contribution in [3.63, 3.8) is 0 Å². The van der Waals surface area contributed by atoms with E-state index in [1.165, 1.54) is 0 Å². The van der Waals surface area contributed by atoms with Crippen LogP contribution in [0.3, 0.4) is 0 Å². The smallest absolute Gasteiger partial charge is 0.410 e. The maximum absolute atomic E-state index is 13.4. The summed E-state index contributed by atoms with van der Waals surface area (Å²) < 4.78 is 23.9. The maximum atomic E-state index is 13.4. The fraction of sp³-hybridized carbons (Fsp3) is 0.444. The summed E-state index contributed by atoms with van der Waals surface area (Å²) in [4.78, 5) is 26.8. The molecule has 1 amide bonds. The van der Waals surface area contributed by atoms with Gasteiger partial charge in [-0.25, -0.2) is 9.59 Å².